The van der Waals surface area contributed by atoms with E-state index in [2.05, 4.69) is 10.4 Å². The van der Waals surface area contributed by atoms with E-state index in [1.54, 1.807) is 10.7 Å². The predicted molar refractivity (Wildman–Crippen MR) is 88.4 cm³/mol. The Morgan fingerprint density at radius 2 is 2.17 bits per heavy atom. The molecule has 0 aliphatic heterocycles. The number of fused-ring (bicyclic) bond motifs is 3. The molecule has 0 fully saturated rings. The largest absolute Gasteiger partial charge is 0.422 e. The normalized spacial score (nSPS) is 12.7. The molecule has 0 unspecified atom stereocenters. The van der Waals surface area contributed by atoms with Crippen LogP contribution in [-0.4, -0.2) is 21.7 Å². The van der Waals surface area contributed by atoms with Crippen molar-refractivity contribution in [2.24, 2.45) is 0 Å². The first-order chi connectivity index (χ1) is 11.0. The van der Waals surface area contributed by atoms with Crippen molar-refractivity contribution in [2.75, 3.05) is 0 Å². The van der Waals surface area contributed by atoms with Crippen molar-refractivity contribution >= 4 is 27.8 Å². The highest BCUT2D eigenvalue weighted by Crippen LogP contribution is 2.23. The molecule has 0 radical (unpaired) electrons. The van der Waals surface area contributed by atoms with Gasteiger partial charge in [-0.05, 0) is 32.4 Å². The Balaban J connectivity index is 2.11. The Morgan fingerprint density at radius 1 is 1.39 bits per heavy atom. The second-order valence-corrected chi connectivity index (χ2v) is 5.83. The maximum Gasteiger partial charge on any atom is 0.347 e. The zero-order valence-electron chi connectivity index (χ0n) is 13.4. The molecule has 3 rings (SSSR count). The van der Waals surface area contributed by atoms with E-state index in [1.807, 2.05) is 32.9 Å². The van der Waals surface area contributed by atoms with Gasteiger partial charge in [0.05, 0.1) is 11.7 Å². The van der Waals surface area contributed by atoms with Crippen molar-refractivity contribution in [1.29, 1.82) is 0 Å². The third-order valence-corrected chi connectivity index (χ3v) is 3.97. The average molecular weight is 313 g/mol. The smallest absolute Gasteiger partial charge is 0.347 e. The van der Waals surface area contributed by atoms with Crippen molar-refractivity contribution in [2.45, 2.75) is 39.8 Å². The lowest BCUT2D eigenvalue weighted by atomic mass is 10.1. The number of carbonyl (C=O) groups is 1. The Bertz CT molecular complexity index is 939. The summed E-state index contributed by atoms with van der Waals surface area (Å²) < 4.78 is 6.88. The summed E-state index contributed by atoms with van der Waals surface area (Å²) in [5.74, 6) is -0.126. The van der Waals surface area contributed by atoms with Crippen LogP contribution in [0.5, 0.6) is 0 Å². The van der Waals surface area contributed by atoms with Crippen LogP contribution in [0.15, 0.2) is 33.6 Å². The van der Waals surface area contributed by atoms with Crippen LogP contribution in [0.4, 0.5) is 0 Å². The van der Waals surface area contributed by atoms with Crippen LogP contribution in [0.25, 0.3) is 21.9 Å². The molecule has 0 aliphatic carbocycles. The van der Waals surface area contributed by atoms with Crippen molar-refractivity contribution in [3.05, 3.63) is 40.4 Å². The summed E-state index contributed by atoms with van der Waals surface area (Å²) in [7, 11) is 0. The molecule has 0 bridgehead atoms. The van der Waals surface area contributed by atoms with Crippen LogP contribution in [0.1, 0.15) is 25.8 Å². The first-order valence-electron chi connectivity index (χ1n) is 7.68. The minimum Gasteiger partial charge on any atom is -0.422 e. The maximum atomic E-state index is 12.1. The summed E-state index contributed by atoms with van der Waals surface area (Å²) in [6, 6.07) is 5.69. The van der Waals surface area contributed by atoms with Gasteiger partial charge in [-0.25, -0.2) is 4.79 Å². The molecule has 6 heteroatoms. The van der Waals surface area contributed by atoms with Crippen LogP contribution < -0.4 is 10.9 Å². The molecule has 23 heavy (non-hydrogen) atoms. The van der Waals surface area contributed by atoms with Gasteiger partial charge < -0.3 is 9.73 Å². The lowest BCUT2D eigenvalue weighted by Crippen LogP contribution is -2.34. The Morgan fingerprint density at radius 3 is 2.91 bits per heavy atom. The summed E-state index contributed by atoms with van der Waals surface area (Å²) in [6.45, 7) is 6.00. The molecule has 120 valence electrons. The third kappa shape index (κ3) is 2.84. The third-order valence-electron chi connectivity index (χ3n) is 3.97. The number of nitrogens with one attached hydrogen (secondary N) is 1. The summed E-state index contributed by atoms with van der Waals surface area (Å²) in [5, 5.41) is 8.28. The number of hydrogen-bond acceptors (Lipinski definition) is 4. The molecule has 0 saturated carbocycles. The zero-order chi connectivity index (χ0) is 16.6. The average Bonchev–Trinajstić information content (AvgIpc) is 2.92. The molecular formula is C17H19N3O3. The summed E-state index contributed by atoms with van der Waals surface area (Å²) in [6.07, 6.45) is 2.32. The fourth-order valence-corrected chi connectivity index (χ4v) is 2.57. The highest BCUT2D eigenvalue weighted by atomic mass is 16.4. The summed E-state index contributed by atoms with van der Waals surface area (Å²) in [4.78, 5) is 24.2. The molecule has 0 spiro atoms. The second-order valence-electron chi connectivity index (χ2n) is 5.83. The minimum atomic E-state index is -0.440. The van der Waals surface area contributed by atoms with E-state index in [1.165, 1.54) is 6.20 Å². The van der Waals surface area contributed by atoms with E-state index >= 15 is 0 Å². The van der Waals surface area contributed by atoms with E-state index in [9.17, 15) is 9.59 Å². The molecular weight excluding hydrogens is 294 g/mol. The molecule has 2 aromatic heterocycles. The molecule has 3 aromatic rings. The van der Waals surface area contributed by atoms with E-state index in [0.717, 1.165) is 17.4 Å². The number of nitrogens with zero attached hydrogens (tertiary/aromatic N) is 2. The van der Waals surface area contributed by atoms with Gasteiger partial charge in [-0.15, -0.1) is 0 Å². The van der Waals surface area contributed by atoms with E-state index in [4.69, 9.17) is 4.42 Å². The van der Waals surface area contributed by atoms with E-state index < -0.39 is 5.63 Å². The van der Waals surface area contributed by atoms with Gasteiger partial charge in [0.15, 0.2) is 0 Å². The Hall–Kier alpha value is -2.63. The van der Waals surface area contributed by atoms with E-state index in [0.29, 0.717) is 16.5 Å². The maximum absolute atomic E-state index is 12.1. The number of rotatable bonds is 4. The zero-order valence-corrected chi connectivity index (χ0v) is 13.4. The van der Waals surface area contributed by atoms with Crippen LogP contribution in [0.2, 0.25) is 0 Å². The van der Waals surface area contributed by atoms with Crippen LogP contribution in [-0.2, 0) is 11.3 Å². The molecule has 0 aliphatic rings. The van der Waals surface area contributed by atoms with Gasteiger partial charge >= 0.3 is 5.63 Å². The Kier molecular flexibility index (Phi) is 3.90. The minimum absolute atomic E-state index is 0.0698. The van der Waals surface area contributed by atoms with Gasteiger partial charge in [0.2, 0.25) is 5.91 Å². The monoisotopic (exact) mass is 313 g/mol. The van der Waals surface area contributed by atoms with Crippen molar-refractivity contribution < 1.29 is 9.21 Å². The summed E-state index contributed by atoms with van der Waals surface area (Å²) in [5.41, 5.74) is 1.74. The Labute approximate surface area is 133 Å². The van der Waals surface area contributed by atoms with Gasteiger partial charge in [0, 0.05) is 11.4 Å². The lowest BCUT2D eigenvalue weighted by molar-refractivity contribution is -0.122. The number of hydrogen-bond donors (Lipinski definition) is 1. The van der Waals surface area contributed by atoms with Gasteiger partial charge in [-0.2, -0.15) is 5.10 Å². The number of aryl methyl sites for hydroxylation is 1. The quantitative estimate of drug-likeness (QED) is 0.750. The van der Waals surface area contributed by atoms with Gasteiger partial charge in [-0.1, -0.05) is 18.6 Å². The SMILES string of the molecule is CC[C@@H](C)NC(=O)Cn1ncc2c(=O)oc3ccc(C)cc3c21. The predicted octanol–water partition coefficient (Wildman–Crippen LogP) is 2.37. The van der Waals surface area contributed by atoms with Gasteiger partial charge in [0.1, 0.15) is 17.5 Å². The molecule has 1 amide bonds. The first kappa shape index (κ1) is 15.3. The van der Waals surface area contributed by atoms with Crippen molar-refractivity contribution in [3.63, 3.8) is 0 Å². The second kappa shape index (κ2) is 5.87. The molecule has 0 saturated heterocycles. The van der Waals surface area contributed by atoms with E-state index in [-0.39, 0.29) is 18.5 Å². The number of benzene rings is 1. The summed E-state index contributed by atoms with van der Waals surface area (Å²) >= 11 is 0. The fraction of sp³-hybridized carbons (Fsp3) is 0.353. The number of carbonyl (C=O) groups excluding carboxylic acids is 1. The molecule has 6 nitrogen and oxygen atoms in total. The van der Waals surface area contributed by atoms with Crippen LogP contribution >= 0.6 is 0 Å². The van der Waals surface area contributed by atoms with Crippen LogP contribution in [0.3, 0.4) is 0 Å². The van der Waals surface area contributed by atoms with Crippen LogP contribution in [0, 0.1) is 6.92 Å². The van der Waals surface area contributed by atoms with Crippen molar-refractivity contribution in [3.8, 4) is 0 Å². The van der Waals surface area contributed by atoms with Gasteiger partial charge in [0.25, 0.3) is 0 Å². The molecule has 2 heterocycles. The number of aromatic nitrogens is 2. The fourth-order valence-electron chi connectivity index (χ4n) is 2.57. The molecule has 1 N–H and O–H groups in total. The number of amides is 1. The molecule has 1 atom stereocenters. The standard InChI is InChI=1S/C17H19N3O3/c1-4-11(3)19-15(21)9-20-16-12-7-10(2)5-6-14(12)23-17(22)13(16)8-18-20/h5-8,11H,4,9H2,1-3H3,(H,19,21)/t11-/m1/s1. The topological polar surface area (TPSA) is 77.1 Å². The first-order valence-corrected chi connectivity index (χ1v) is 7.68. The lowest BCUT2D eigenvalue weighted by Gasteiger charge is -2.12. The highest BCUT2D eigenvalue weighted by molar-refractivity contribution is 6.02. The van der Waals surface area contributed by atoms with Gasteiger partial charge in [-0.3, -0.25) is 9.48 Å². The molecule has 1 aromatic carbocycles. The highest BCUT2D eigenvalue weighted by Gasteiger charge is 2.15. The van der Waals surface area contributed by atoms with Crippen molar-refractivity contribution in [1.82, 2.24) is 15.1 Å².